The van der Waals surface area contributed by atoms with E-state index < -0.39 is 17.3 Å². The van der Waals surface area contributed by atoms with E-state index in [4.69, 9.17) is 10.8 Å². The number of halogens is 3. The summed E-state index contributed by atoms with van der Waals surface area (Å²) < 4.78 is 37.6. The van der Waals surface area contributed by atoms with Gasteiger partial charge in [0.2, 0.25) is 7.41 Å². The third kappa shape index (κ3) is 10.4. The van der Waals surface area contributed by atoms with E-state index in [0.29, 0.717) is 31.0 Å². The summed E-state index contributed by atoms with van der Waals surface area (Å²) in [5, 5.41) is 33.3. The van der Waals surface area contributed by atoms with E-state index in [9.17, 15) is 18.3 Å². The van der Waals surface area contributed by atoms with Gasteiger partial charge in [-0.3, -0.25) is 10.1 Å². The maximum atomic E-state index is 12.0. The molecule has 3 heterocycles. The van der Waals surface area contributed by atoms with Crippen molar-refractivity contribution in [1.29, 1.82) is 0 Å². The van der Waals surface area contributed by atoms with E-state index >= 15 is 0 Å². The van der Waals surface area contributed by atoms with Gasteiger partial charge in [0.15, 0.2) is 5.82 Å². The predicted octanol–water partition coefficient (Wildman–Crippen LogP) is 4.95. The summed E-state index contributed by atoms with van der Waals surface area (Å²) in [6, 6.07) is 4.10. The fourth-order valence-electron chi connectivity index (χ4n) is 4.09. The lowest BCUT2D eigenvalue weighted by Gasteiger charge is -2.31. The minimum Gasteiger partial charge on any atom is -0.395 e. The average molecular weight is 564 g/mol. The minimum atomic E-state index is -4.28. The van der Waals surface area contributed by atoms with Gasteiger partial charge in [0, 0.05) is 30.1 Å². The van der Waals surface area contributed by atoms with Crippen LogP contribution in [0.5, 0.6) is 0 Å². The number of anilines is 1. The van der Waals surface area contributed by atoms with E-state index in [2.05, 4.69) is 52.4 Å². The minimum absolute atomic E-state index is 0.0139. The number of aliphatic hydroxyl groups is 2. The lowest BCUT2D eigenvalue weighted by molar-refractivity contribution is -0.138. The third-order valence-electron chi connectivity index (χ3n) is 5.82. The number of rotatable bonds is 11. The lowest BCUT2D eigenvalue weighted by atomic mass is 9.81. The molecule has 0 saturated heterocycles. The maximum Gasteiger partial charge on any atom is 0.418 e. The van der Waals surface area contributed by atoms with Crippen LogP contribution in [-0.2, 0) is 6.18 Å². The largest absolute Gasteiger partial charge is 0.418 e. The number of alkyl halides is 3. The molecule has 0 aromatic carbocycles. The molecule has 13 heteroatoms. The molecular formula is C27H42BF3N7O2. The van der Waals surface area contributed by atoms with Gasteiger partial charge in [-0.15, -0.1) is 0 Å². The Labute approximate surface area is 235 Å². The molecule has 3 aromatic rings. The molecule has 0 aliphatic carbocycles. The van der Waals surface area contributed by atoms with E-state index in [1.807, 2.05) is 6.82 Å². The SMILES string of the molecule is CC/C=C(\c1cnn(-c2ccn[nH]2)c1N)C(O)(CCC)CCC.C[B]NCCO.Cc1ncccc1C(F)(F)F. The number of nitrogens with zero attached hydrogens (tertiary/aromatic N) is 4. The molecule has 221 valence electrons. The van der Waals surface area contributed by atoms with Crippen LogP contribution in [0.15, 0.2) is 42.9 Å². The highest BCUT2D eigenvalue weighted by Crippen LogP contribution is 2.38. The first-order valence-electron chi connectivity index (χ1n) is 13.4. The summed E-state index contributed by atoms with van der Waals surface area (Å²) in [5.41, 5.74) is 6.48. The van der Waals surface area contributed by atoms with Crippen LogP contribution in [0.25, 0.3) is 11.4 Å². The zero-order chi connectivity index (χ0) is 30.2. The molecule has 6 N–H and O–H groups in total. The van der Waals surface area contributed by atoms with Gasteiger partial charge in [0.25, 0.3) is 0 Å². The van der Waals surface area contributed by atoms with Gasteiger partial charge in [0.1, 0.15) is 5.82 Å². The summed E-state index contributed by atoms with van der Waals surface area (Å²) in [7, 11) is 1.80. The molecule has 0 amide bonds. The van der Waals surface area contributed by atoms with Crippen molar-refractivity contribution in [1.82, 2.24) is 30.2 Å². The molecule has 3 aromatic heterocycles. The molecule has 0 unspecified atom stereocenters. The normalized spacial score (nSPS) is 11.8. The maximum absolute atomic E-state index is 12.0. The number of aromatic nitrogens is 5. The van der Waals surface area contributed by atoms with Gasteiger partial charge < -0.3 is 21.2 Å². The molecule has 0 aliphatic rings. The molecule has 0 aliphatic heterocycles. The Hall–Kier alpha value is -3.16. The van der Waals surface area contributed by atoms with E-state index in [0.717, 1.165) is 36.5 Å². The van der Waals surface area contributed by atoms with Crippen LogP contribution in [0.3, 0.4) is 0 Å². The van der Waals surface area contributed by atoms with Gasteiger partial charge >= 0.3 is 6.18 Å². The second kappa shape index (κ2) is 17.5. The second-order valence-electron chi connectivity index (χ2n) is 8.96. The van der Waals surface area contributed by atoms with Crippen LogP contribution < -0.4 is 11.0 Å². The molecule has 3 rings (SSSR count). The Kier molecular flexibility index (Phi) is 15.3. The van der Waals surface area contributed by atoms with E-state index in [1.54, 1.807) is 30.6 Å². The van der Waals surface area contributed by atoms with Crippen molar-refractivity contribution in [2.45, 2.75) is 78.4 Å². The number of aliphatic hydroxyl groups excluding tert-OH is 1. The number of aromatic amines is 1. The third-order valence-corrected chi connectivity index (χ3v) is 5.82. The number of nitrogens with one attached hydrogen (secondary N) is 2. The van der Waals surface area contributed by atoms with E-state index in [-0.39, 0.29) is 12.3 Å². The van der Waals surface area contributed by atoms with Crippen LogP contribution in [-0.4, -0.2) is 61.3 Å². The van der Waals surface area contributed by atoms with Crippen molar-refractivity contribution in [3.8, 4) is 5.82 Å². The van der Waals surface area contributed by atoms with Crippen molar-refractivity contribution in [2.75, 3.05) is 18.9 Å². The van der Waals surface area contributed by atoms with Gasteiger partial charge in [-0.1, -0.05) is 46.5 Å². The molecular weight excluding hydrogens is 522 g/mol. The van der Waals surface area contributed by atoms with Gasteiger partial charge in [-0.05, 0) is 43.9 Å². The van der Waals surface area contributed by atoms with Gasteiger partial charge in [0.05, 0.1) is 30.2 Å². The number of aryl methyl sites for hydroxylation is 1. The van der Waals surface area contributed by atoms with E-state index in [1.165, 1.54) is 19.2 Å². The summed E-state index contributed by atoms with van der Waals surface area (Å²) in [4.78, 5) is 3.53. The number of allylic oxidation sites excluding steroid dienone is 1. The fourth-order valence-corrected chi connectivity index (χ4v) is 4.09. The van der Waals surface area contributed by atoms with Crippen LogP contribution in [0.1, 0.15) is 69.7 Å². The smallest absolute Gasteiger partial charge is 0.395 e. The summed E-state index contributed by atoms with van der Waals surface area (Å²) >= 11 is 0. The average Bonchev–Trinajstić information content (AvgIpc) is 3.56. The number of hydrogen-bond donors (Lipinski definition) is 5. The quantitative estimate of drug-likeness (QED) is 0.164. The van der Waals surface area contributed by atoms with Gasteiger partial charge in [-0.2, -0.15) is 28.1 Å². The highest BCUT2D eigenvalue weighted by molar-refractivity contribution is 6.29. The Bertz CT molecular complexity index is 1130. The van der Waals surface area contributed by atoms with Crippen LogP contribution in [0.2, 0.25) is 6.82 Å². The molecule has 9 nitrogen and oxygen atoms in total. The topological polar surface area (TPSA) is 138 Å². The first kappa shape index (κ1) is 34.9. The molecule has 0 atom stereocenters. The Balaban J connectivity index is 0.000000388. The summed E-state index contributed by atoms with van der Waals surface area (Å²) in [6.45, 7) is 10.3. The second-order valence-corrected chi connectivity index (χ2v) is 8.96. The van der Waals surface area contributed by atoms with Crippen molar-refractivity contribution in [3.05, 3.63) is 59.7 Å². The number of hydrogen-bond acceptors (Lipinski definition) is 7. The lowest BCUT2D eigenvalue weighted by Crippen LogP contribution is -2.30. The Morgan fingerprint density at radius 1 is 1.18 bits per heavy atom. The van der Waals surface area contributed by atoms with Gasteiger partial charge in [-0.25, -0.2) is 0 Å². The molecule has 0 saturated carbocycles. The zero-order valence-electron chi connectivity index (χ0n) is 24.0. The number of pyridine rings is 1. The number of H-pyrrole nitrogens is 1. The van der Waals surface area contributed by atoms with Crippen molar-refractivity contribution in [3.63, 3.8) is 0 Å². The molecule has 0 spiro atoms. The zero-order valence-corrected chi connectivity index (χ0v) is 24.0. The highest BCUT2D eigenvalue weighted by atomic mass is 19.4. The Morgan fingerprint density at radius 2 is 1.85 bits per heavy atom. The Morgan fingerprint density at radius 3 is 2.27 bits per heavy atom. The van der Waals surface area contributed by atoms with Crippen LogP contribution in [0, 0.1) is 6.92 Å². The van der Waals surface area contributed by atoms with Crippen molar-refractivity contribution >= 4 is 18.8 Å². The summed E-state index contributed by atoms with van der Waals surface area (Å²) in [6.07, 6.45) is 6.58. The molecule has 1 radical (unpaired) electrons. The molecule has 40 heavy (non-hydrogen) atoms. The number of nitrogen functional groups attached to an aromatic ring is 1. The molecule has 0 fully saturated rings. The fraction of sp³-hybridized carbons (Fsp3) is 0.519. The van der Waals surface area contributed by atoms with Crippen LogP contribution in [0.4, 0.5) is 19.0 Å². The van der Waals surface area contributed by atoms with Crippen LogP contribution >= 0.6 is 0 Å². The predicted molar refractivity (Wildman–Crippen MR) is 154 cm³/mol. The van der Waals surface area contributed by atoms with Crippen molar-refractivity contribution in [2.24, 2.45) is 0 Å². The summed E-state index contributed by atoms with van der Waals surface area (Å²) in [5.74, 6) is 1.22. The standard InChI is InChI=1S/C17H27N5O.C7H6F3N.C3H9BNO/c1-4-7-14(17(23,9-5-2)10-6-3)13-12-20-22(16(13)18)15-8-11-19-21-15;1-5-6(7(8,9)10)3-2-4-11-5;1-4-5-2-3-6/h7-8,11-12,23H,4-6,9-10,18H2,1-3H3,(H,19,21);2-4H,1H3;5-6H,2-3H2,1H3/b14-7+;;. The monoisotopic (exact) mass is 564 g/mol. The molecule has 0 bridgehead atoms. The highest BCUT2D eigenvalue weighted by Gasteiger charge is 2.33. The van der Waals surface area contributed by atoms with Crippen molar-refractivity contribution < 1.29 is 23.4 Å². The number of nitrogens with two attached hydrogens (primary N) is 1. The first-order valence-corrected chi connectivity index (χ1v) is 13.4. The first-order chi connectivity index (χ1) is 19.0.